The molecule has 0 unspecified atom stereocenters. The number of hydrogen-bond acceptors (Lipinski definition) is 4. The van der Waals surface area contributed by atoms with Gasteiger partial charge >= 0.3 is 6.09 Å². The largest absolute Gasteiger partial charge is 0.444 e. The standard InChI is InChI=1S/C12H19N3O3/c1-12(2,3)18-11(17)14-9(5-8-16)10-13-6-7-15(10)4/h6-9H,5H2,1-4H3,(H,14,17)/t9-/m0/s1. The first kappa shape index (κ1) is 14.2. The zero-order valence-electron chi connectivity index (χ0n) is 11.1. The lowest BCUT2D eigenvalue weighted by Crippen LogP contribution is -2.36. The fourth-order valence-corrected chi connectivity index (χ4v) is 1.49. The fourth-order valence-electron chi connectivity index (χ4n) is 1.49. The first-order chi connectivity index (χ1) is 8.33. The third kappa shape index (κ3) is 4.20. The Kier molecular flexibility index (Phi) is 4.47. The van der Waals surface area contributed by atoms with E-state index in [1.807, 2.05) is 0 Å². The monoisotopic (exact) mass is 253 g/mol. The van der Waals surface area contributed by atoms with Crippen molar-refractivity contribution in [2.45, 2.75) is 38.8 Å². The minimum Gasteiger partial charge on any atom is -0.444 e. The quantitative estimate of drug-likeness (QED) is 0.827. The highest BCUT2D eigenvalue weighted by atomic mass is 16.6. The molecule has 6 heteroatoms. The van der Waals surface area contributed by atoms with Gasteiger partial charge < -0.3 is 19.4 Å². The summed E-state index contributed by atoms with van der Waals surface area (Å²) in [6.07, 6.45) is 3.71. The van der Waals surface area contributed by atoms with E-state index in [1.54, 1.807) is 44.8 Å². The van der Waals surface area contributed by atoms with Crippen LogP contribution in [0.1, 0.15) is 39.1 Å². The van der Waals surface area contributed by atoms with Crippen molar-refractivity contribution in [2.24, 2.45) is 7.05 Å². The molecule has 1 rings (SSSR count). The van der Waals surface area contributed by atoms with Crippen molar-refractivity contribution in [1.82, 2.24) is 14.9 Å². The van der Waals surface area contributed by atoms with Crippen molar-refractivity contribution < 1.29 is 14.3 Å². The number of carbonyl (C=O) groups excluding carboxylic acids is 2. The maximum Gasteiger partial charge on any atom is 0.408 e. The number of aromatic nitrogens is 2. The molecule has 1 aromatic heterocycles. The smallest absolute Gasteiger partial charge is 0.408 e. The van der Waals surface area contributed by atoms with Gasteiger partial charge in [-0.25, -0.2) is 9.78 Å². The van der Waals surface area contributed by atoms with Gasteiger partial charge in [-0.05, 0) is 20.8 Å². The van der Waals surface area contributed by atoms with Crippen molar-refractivity contribution >= 4 is 12.4 Å². The van der Waals surface area contributed by atoms with E-state index < -0.39 is 17.7 Å². The molecule has 0 aromatic carbocycles. The molecule has 0 saturated carbocycles. The third-order valence-corrected chi connectivity index (χ3v) is 2.19. The Hall–Kier alpha value is -1.85. The van der Waals surface area contributed by atoms with Gasteiger partial charge in [-0.2, -0.15) is 0 Å². The van der Waals surface area contributed by atoms with Crippen molar-refractivity contribution in [1.29, 1.82) is 0 Å². The van der Waals surface area contributed by atoms with Gasteiger partial charge in [0.15, 0.2) is 0 Å². The van der Waals surface area contributed by atoms with Crippen molar-refractivity contribution in [2.75, 3.05) is 0 Å². The zero-order valence-corrected chi connectivity index (χ0v) is 11.1. The fraction of sp³-hybridized carbons (Fsp3) is 0.583. The summed E-state index contributed by atoms with van der Waals surface area (Å²) in [7, 11) is 1.80. The Bertz CT molecular complexity index is 420. The maximum atomic E-state index is 11.7. The van der Waals surface area contributed by atoms with Gasteiger partial charge in [-0.1, -0.05) is 0 Å². The number of nitrogens with one attached hydrogen (secondary N) is 1. The molecule has 6 nitrogen and oxygen atoms in total. The summed E-state index contributed by atoms with van der Waals surface area (Å²) < 4.78 is 6.90. The summed E-state index contributed by atoms with van der Waals surface area (Å²) in [6.45, 7) is 5.34. The lowest BCUT2D eigenvalue weighted by molar-refractivity contribution is -0.108. The van der Waals surface area contributed by atoms with E-state index in [0.29, 0.717) is 5.82 Å². The third-order valence-electron chi connectivity index (χ3n) is 2.19. The molecule has 1 heterocycles. The van der Waals surface area contributed by atoms with Crippen LogP contribution in [0.2, 0.25) is 0 Å². The lowest BCUT2D eigenvalue weighted by atomic mass is 10.2. The second-order valence-electron chi connectivity index (χ2n) is 5.00. The highest BCUT2D eigenvalue weighted by molar-refractivity contribution is 5.69. The number of ether oxygens (including phenoxy) is 1. The second-order valence-corrected chi connectivity index (χ2v) is 5.00. The van der Waals surface area contributed by atoms with E-state index in [-0.39, 0.29) is 6.42 Å². The van der Waals surface area contributed by atoms with Crippen LogP contribution < -0.4 is 5.32 Å². The molecule has 0 spiro atoms. The molecule has 0 aliphatic heterocycles. The molecule has 0 aliphatic rings. The van der Waals surface area contributed by atoms with E-state index in [4.69, 9.17) is 4.74 Å². The summed E-state index contributed by atoms with van der Waals surface area (Å²) in [5.41, 5.74) is -0.572. The number of nitrogens with zero attached hydrogens (tertiary/aromatic N) is 2. The normalized spacial score (nSPS) is 12.9. The average molecular weight is 253 g/mol. The number of amides is 1. The molecule has 100 valence electrons. The Morgan fingerprint density at radius 3 is 2.72 bits per heavy atom. The summed E-state index contributed by atoms with van der Waals surface area (Å²) >= 11 is 0. The molecule has 0 aliphatic carbocycles. The van der Waals surface area contributed by atoms with Crippen LogP contribution in [0.4, 0.5) is 4.79 Å². The van der Waals surface area contributed by atoms with Crippen LogP contribution in [0.3, 0.4) is 0 Å². The average Bonchev–Trinajstić information content (AvgIpc) is 2.60. The van der Waals surface area contributed by atoms with Crippen LogP contribution in [0.25, 0.3) is 0 Å². The highest BCUT2D eigenvalue weighted by Gasteiger charge is 2.22. The van der Waals surface area contributed by atoms with Crippen LogP contribution in [0.15, 0.2) is 12.4 Å². The van der Waals surface area contributed by atoms with Gasteiger partial charge in [0.2, 0.25) is 0 Å². The molecule has 1 amide bonds. The zero-order chi connectivity index (χ0) is 13.8. The Balaban J connectivity index is 2.73. The minimum absolute atomic E-state index is 0.157. The predicted molar refractivity (Wildman–Crippen MR) is 66.0 cm³/mol. The van der Waals surface area contributed by atoms with Crippen molar-refractivity contribution in [3.8, 4) is 0 Å². The first-order valence-corrected chi connectivity index (χ1v) is 5.74. The summed E-state index contributed by atoms with van der Waals surface area (Å²) in [5.74, 6) is 0.618. The number of alkyl carbamates (subject to hydrolysis) is 1. The number of imidazole rings is 1. The minimum atomic E-state index is -0.572. The molecule has 0 saturated heterocycles. The van der Waals surface area contributed by atoms with Gasteiger partial charge in [0.05, 0.1) is 6.04 Å². The highest BCUT2D eigenvalue weighted by Crippen LogP contribution is 2.14. The number of aryl methyl sites for hydroxylation is 1. The number of carbonyl (C=O) groups is 2. The van der Waals surface area contributed by atoms with Gasteiger partial charge in [0, 0.05) is 25.9 Å². The van der Waals surface area contributed by atoms with E-state index in [2.05, 4.69) is 10.3 Å². The summed E-state index contributed by atoms with van der Waals surface area (Å²) in [4.78, 5) is 26.4. The van der Waals surface area contributed by atoms with Gasteiger partial charge in [-0.15, -0.1) is 0 Å². The SMILES string of the molecule is Cn1ccnc1[C@H](CC=O)NC(=O)OC(C)(C)C. The van der Waals surface area contributed by atoms with Crippen LogP contribution >= 0.6 is 0 Å². The van der Waals surface area contributed by atoms with E-state index >= 15 is 0 Å². The molecule has 1 aromatic rings. The van der Waals surface area contributed by atoms with Crippen LogP contribution in [-0.2, 0) is 16.6 Å². The van der Waals surface area contributed by atoms with Crippen LogP contribution in [0.5, 0.6) is 0 Å². The van der Waals surface area contributed by atoms with Gasteiger partial charge in [0.1, 0.15) is 17.7 Å². The summed E-state index contributed by atoms with van der Waals surface area (Å²) in [5, 5.41) is 2.64. The van der Waals surface area contributed by atoms with E-state index in [1.165, 1.54) is 0 Å². The molecule has 1 atom stereocenters. The Morgan fingerprint density at radius 1 is 1.61 bits per heavy atom. The predicted octanol–water partition coefficient (Wildman–Crippen LogP) is 1.57. The van der Waals surface area contributed by atoms with Crippen LogP contribution in [-0.4, -0.2) is 27.5 Å². The number of rotatable bonds is 4. The molecule has 18 heavy (non-hydrogen) atoms. The van der Waals surface area contributed by atoms with Gasteiger partial charge in [0.25, 0.3) is 0 Å². The van der Waals surface area contributed by atoms with E-state index in [9.17, 15) is 9.59 Å². The van der Waals surface area contributed by atoms with E-state index in [0.717, 1.165) is 6.29 Å². The van der Waals surface area contributed by atoms with Crippen LogP contribution in [0, 0.1) is 0 Å². The molecule has 0 bridgehead atoms. The molecule has 0 radical (unpaired) electrons. The molecular weight excluding hydrogens is 234 g/mol. The second kappa shape index (κ2) is 5.66. The maximum absolute atomic E-state index is 11.7. The number of aldehydes is 1. The molecule has 1 N–H and O–H groups in total. The molecule has 0 fully saturated rings. The Labute approximate surface area is 106 Å². The lowest BCUT2D eigenvalue weighted by Gasteiger charge is -2.22. The topological polar surface area (TPSA) is 73.2 Å². The molecular formula is C12H19N3O3. The summed E-state index contributed by atoms with van der Waals surface area (Å²) in [6, 6.07) is -0.475. The Morgan fingerprint density at radius 2 is 2.28 bits per heavy atom. The number of hydrogen-bond donors (Lipinski definition) is 1. The van der Waals surface area contributed by atoms with Crippen molar-refractivity contribution in [3.63, 3.8) is 0 Å². The van der Waals surface area contributed by atoms with Gasteiger partial charge in [-0.3, -0.25) is 0 Å². The van der Waals surface area contributed by atoms with Crippen molar-refractivity contribution in [3.05, 3.63) is 18.2 Å². The first-order valence-electron chi connectivity index (χ1n) is 5.74.